The van der Waals surface area contributed by atoms with Crippen molar-refractivity contribution in [3.8, 4) is 10.6 Å². The van der Waals surface area contributed by atoms with Crippen LogP contribution < -0.4 is 4.72 Å². The number of aromatic nitrogens is 1. The van der Waals surface area contributed by atoms with Gasteiger partial charge >= 0.3 is 0 Å². The Morgan fingerprint density at radius 3 is 2.50 bits per heavy atom. The Bertz CT molecular complexity index is 1240. The maximum Gasteiger partial charge on any atom is 0.261 e. The van der Waals surface area contributed by atoms with Crippen LogP contribution >= 0.6 is 11.3 Å². The highest BCUT2D eigenvalue weighted by atomic mass is 32.2. The van der Waals surface area contributed by atoms with Crippen LogP contribution in [0.2, 0.25) is 0 Å². The fraction of sp³-hybridized carbons (Fsp3) is 0.136. The zero-order valence-electron chi connectivity index (χ0n) is 15.1. The van der Waals surface area contributed by atoms with Gasteiger partial charge in [0.05, 0.1) is 15.1 Å². The first kappa shape index (κ1) is 17.4. The van der Waals surface area contributed by atoms with Gasteiger partial charge in [0.1, 0.15) is 5.01 Å². The van der Waals surface area contributed by atoms with Crippen molar-refractivity contribution in [3.05, 3.63) is 77.9 Å². The Hall–Kier alpha value is -2.70. The molecule has 3 aromatic carbocycles. The number of sulfonamides is 1. The maximum absolute atomic E-state index is 12.8. The number of aryl methyl sites for hydroxylation is 2. The molecule has 4 aromatic rings. The molecule has 28 heavy (non-hydrogen) atoms. The predicted octanol–water partition coefficient (Wildman–Crippen LogP) is 5.25. The summed E-state index contributed by atoms with van der Waals surface area (Å²) in [5.41, 5.74) is 4.91. The van der Waals surface area contributed by atoms with Gasteiger partial charge in [0.15, 0.2) is 0 Å². The third-order valence-electron chi connectivity index (χ3n) is 5.06. The fourth-order valence-electron chi connectivity index (χ4n) is 3.61. The first-order chi connectivity index (χ1) is 13.6. The van der Waals surface area contributed by atoms with E-state index in [0.29, 0.717) is 10.6 Å². The lowest BCUT2D eigenvalue weighted by atomic mass is 10.1. The molecule has 0 atom stereocenters. The number of fused-ring (bicyclic) bond motifs is 2. The Balaban J connectivity index is 1.39. The maximum atomic E-state index is 12.8. The quantitative estimate of drug-likeness (QED) is 0.503. The first-order valence-electron chi connectivity index (χ1n) is 9.19. The van der Waals surface area contributed by atoms with Crippen LogP contribution in [0.5, 0.6) is 0 Å². The number of nitrogens with zero attached hydrogens (tertiary/aromatic N) is 1. The highest BCUT2D eigenvalue weighted by Crippen LogP contribution is 2.31. The lowest BCUT2D eigenvalue weighted by Crippen LogP contribution is -2.13. The molecule has 0 saturated heterocycles. The van der Waals surface area contributed by atoms with Gasteiger partial charge in [-0.2, -0.15) is 0 Å². The number of thiazole rings is 1. The van der Waals surface area contributed by atoms with Crippen molar-refractivity contribution in [3.63, 3.8) is 0 Å². The molecule has 4 nitrogen and oxygen atoms in total. The minimum Gasteiger partial charge on any atom is -0.280 e. The summed E-state index contributed by atoms with van der Waals surface area (Å²) in [5.74, 6) is 0. The molecular weight excluding hydrogens is 388 g/mol. The number of anilines is 1. The van der Waals surface area contributed by atoms with Gasteiger partial charge in [-0.25, -0.2) is 13.4 Å². The standard InChI is InChI=1S/C22H18N2O2S2/c25-28(26,19-13-10-15-4-3-5-17(15)14-19)24-18-11-8-16(9-12-18)22-23-20-6-1-2-7-21(20)27-22/h1-2,6-14,24H,3-5H2. The molecule has 1 aliphatic carbocycles. The SMILES string of the molecule is O=S(=O)(Nc1ccc(-c2nc3ccccc3s2)cc1)c1ccc2c(c1)CCC2. The molecule has 0 saturated carbocycles. The molecule has 0 spiro atoms. The Morgan fingerprint density at radius 1 is 0.893 bits per heavy atom. The van der Waals surface area contributed by atoms with Gasteiger partial charge in [0.25, 0.3) is 10.0 Å². The normalized spacial score (nSPS) is 13.6. The molecule has 0 aliphatic heterocycles. The van der Waals surface area contributed by atoms with E-state index in [9.17, 15) is 8.42 Å². The topological polar surface area (TPSA) is 59.1 Å². The molecule has 0 unspecified atom stereocenters. The Morgan fingerprint density at radius 2 is 1.68 bits per heavy atom. The second-order valence-electron chi connectivity index (χ2n) is 6.95. The minimum atomic E-state index is -3.60. The van der Waals surface area contributed by atoms with Crippen molar-refractivity contribution in [2.75, 3.05) is 4.72 Å². The van der Waals surface area contributed by atoms with Gasteiger partial charge in [0, 0.05) is 11.3 Å². The van der Waals surface area contributed by atoms with Gasteiger partial charge in [-0.05, 0) is 78.9 Å². The summed E-state index contributed by atoms with van der Waals surface area (Å²) < 4.78 is 29.3. The molecule has 1 aliphatic rings. The summed E-state index contributed by atoms with van der Waals surface area (Å²) in [7, 11) is -3.60. The third kappa shape index (κ3) is 3.19. The van der Waals surface area contributed by atoms with Gasteiger partial charge in [-0.15, -0.1) is 11.3 Å². The fourth-order valence-corrected chi connectivity index (χ4v) is 5.69. The average molecular weight is 407 g/mol. The number of nitrogens with one attached hydrogen (secondary N) is 1. The summed E-state index contributed by atoms with van der Waals surface area (Å²) in [6.45, 7) is 0. The Kier molecular flexibility index (Phi) is 4.18. The third-order valence-corrected chi connectivity index (χ3v) is 7.52. The van der Waals surface area contributed by atoms with Crippen molar-refractivity contribution in [2.24, 2.45) is 0 Å². The minimum absolute atomic E-state index is 0.323. The van der Waals surface area contributed by atoms with Gasteiger partial charge < -0.3 is 0 Å². The van der Waals surface area contributed by atoms with Gasteiger partial charge in [0.2, 0.25) is 0 Å². The number of rotatable bonds is 4. The van der Waals surface area contributed by atoms with Crippen LogP contribution in [0.25, 0.3) is 20.8 Å². The number of para-hydroxylation sites is 1. The van der Waals surface area contributed by atoms with Crippen LogP contribution in [0.15, 0.2) is 71.6 Å². The first-order valence-corrected chi connectivity index (χ1v) is 11.5. The highest BCUT2D eigenvalue weighted by Gasteiger charge is 2.18. The van der Waals surface area contributed by atoms with E-state index in [1.165, 1.54) is 5.56 Å². The van der Waals surface area contributed by atoms with Crippen LogP contribution in [0.4, 0.5) is 5.69 Å². The smallest absolute Gasteiger partial charge is 0.261 e. The van der Waals surface area contributed by atoms with E-state index in [1.807, 2.05) is 36.4 Å². The van der Waals surface area contributed by atoms with Gasteiger partial charge in [-0.1, -0.05) is 18.2 Å². The summed E-state index contributed by atoms with van der Waals surface area (Å²) in [4.78, 5) is 4.97. The number of benzene rings is 3. The molecule has 1 N–H and O–H groups in total. The molecule has 0 fully saturated rings. The van der Waals surface area contributed by atoms with Crippen LogP contribution in [0, 0.1) is 0 Å². The van der Waals surface area contributed by atoms with Crippen molar-refractivity contribution >= 4 is 37.3 Å². The molecule has 0 radical (unpaired) electrons. The van der Waals surface area contributed by atoms with Gasteiger partial charge in [-0.3, -0.25) is 4.72 Å². The largest absolute Gasteiger partial charge is 0.280 e. The van der Waals surface area contributed by atoms with Crippen molar-refractivity contribution in [1.82, 2.24) is 4.98 Å². The van der Waals surface area contributed by atoms with E-state index in [1.54, 1.807) is 35.6 Å². The van der Waals surface area contributed by atoms with E-state index in [0.717, 1.165) is 45.6 Å². The monoisotopic (exact) mass is 406 g/mol. The molecule has 0 bridgehead atoms. The van der Waals surface area contributed by atoms with E-state index in [-0.39, 0.29) is 0 Å². The average Bonchev–Trinajstić information content (AvgIpc) is 3.34. The lowest BCUT2D eigenvalue weighted by Gasteiger charge is -2.10. The zero-order valence-corrected chi connectivity index (χ0v) is 16.7. The van der Waals surface area contributed by atoms with E-state index >= 15 is 0 Å². The molecule has 1 aromatic heterocycles. The molecule has 5 rings (SSSR count). The van der Waals surface area contributed by atoms with Crippen LogP contribution in [0.3, 0.4) is 0 Å². The predicted molar refractivity (Wildman–Crippen MR) is 114 cm³/mol. The molecule has 6 heteroatoms. The van der Waals surface area contributed by atoms with Crippen LogP contribution in [-0.2, 0) is 22.9 Å². The summed E-state index contributed by atoms with van der Waals surface area (Å²) in [5, 5.41) is 0.925. The van der Waals surface area contributed by atoms with Crippen molar-refractivity contribution in [2.45, 2.75) is 24.2 Å². The summed E-state index contributed by atoms with van der Waals surface area (Å²) >= 11 is 1.63. The van der Waals surface area contributed by atoms with Crippen molar-refractivity contribution < 1.29 is 8.42 Å². The summed E-state index contributed by atoms with van der Waals surface area (Å²) in [6.07, 6.45) is 3.09. The second kappa shape index (κ2) is 6.72. The summed E-state index contributed by atoms with van der Waals surface area (Å²) in [6, 6.07) is 20.8. The molecule has 0 amide bonds. The highest BCUT2D eigenvalue weighted by molar-refractivity contribution is 7.92. The number of hydrogen-bond donors (Lipinski definition) is 1. The van der Waals surface area contributed by atoms with E-state index < -0.39 is 10.0 Å². The number of hydrogen-bond acceptors (Lipinski definition) is 4. The van der Waals surface area contributed by atoms with E-state index in [4.69, 9.17) is 0 Å². The Labute approximate surface area is 167 Å². The lowest BCUT2D eigenvalue weighted by molar-refractivity contribution is 0.601. The van der Waals surface area contributed by atoms with Crippen molar-refractivity contribution in [1.29, 1.82) is 0 Å². The zero-order chi connectivity index (χ0) is 19.1. The molecule has 1 heterocycles. The van der Waals surface area contributed by atoms with Crippen LogP contribution in [0.1, 0.15) is 17.5 Å². The van der Waals surface area contributed by atoms with Crippen LogP contribution in [-0.4, -0.2) is 13.4 Å². The molecule has 140 valence electrons. The second-order valence-corrected chi connectivity index (χ2v) is 9.67. The molecular formula is C22H18N2O2S2. The van der Waals surface area contributed by atoms with E-state index in [2.05, 4.69) is 15.8 Å².